The van der Waals surface area contributed by atoms with E-state index in [4.69, 9.17) is 21.3 Å². The van der Waals surface area contributed by atoms with Crippen LogP contribution in [-0.2, 0) is 10.2 Å². The lowest BCUT2D eigenvalue weighted by Gasteiger charge is -2.35. The first kappa shape index (κ1) is 34.5. The van der Waals surface area contributed by atoms with E-state index in [1.807, 2.05) is 18.2 Å². The summed E-state index contributed by atoms with van der Waals surface area (Å²) in [7, 11) is 0. The Kier molecular flexibility index (Phi) is 9.88. The average Bonchev–Trinajstić information content (AvgIpc) is 3.94. The maximum Gasteiger partial charge on any atom is 0.158 e. The van der Waals surface area contributed by atoms with Gasteiger partial charge < -0.3 is 19.9 Å². The van der Waals surface area contributed by atoms with Crippen molar-refractivity contribution in [3.63, 3.8) is 0 Å². The van der Waals surface area contributed by atoms with Gasteiger partial charge in [0.2, 0.25) is 0 Å². The fraction of sp³-hybridized carbons (Fsp3) is 0.550. The van der Waals surface area contributed by atoms with Gasteiger partial charge in [0.15, 0.2) is 5.82 Å². The summed E-state index contributed by atoms with van der Waals surface area (Å²) in [6.07, 6.45) is 6.17. The minimum Gasteiger partial charge on any atom is -0.359 e. The molecule has 2 aliphatic heterocycles. The highest BCUT2D eigenvalue weighted by molar-refractivity contribution is 6.34. The third-order valence-corrected chi connectivity index (χ3v) is 11.7. The van der Waals surface area contributed by atoms with Crippen LogP contribution < -0.4 is 5.32 Å². The number of hydrogen-bond acceptors (Lipinski definition) is 5. The zero-order valence-corrected chi connectivity index (χ0v) is 30.1. The molecule has 2 saturated heterocycles. The number of nitrogens with one attached hydrogen (secondary N) is 1. The molecule has 0 aromatic heterocycles. The quantitative estimate of drug-likeness (QED) is 0.105. The zero-order valence-electron chi connectivity index (χ0n) is 29.4. The lowest BCUT2D eigenvalue weighted by atomic mass is 9.88. The van der Waals surface area contributed by atoms with Gasteiger partial charge in [-0.25, -0.2) is 13.8 Å². The summed E-state index contributed by atoms with van der Waals surface area (Å²) in [5.74, 6) is 0.947. The molecule has 3 aromatic carbocycles. The predicted octanol–water partition coefficient (Wildman–Crippen LogP) is 8.74. The van der Waals surface area contributed by atoms with E-state index >= 15 is 8.78 Å². The number of rotatable bonds is 14. The number of aliphatic imine (C=N–C) groups is 2. The molecule has 9 heteroatoms. The lowest BCUT2D eigenvalue weighted by molar-refractivity contribution is 0.113. The van der Waals surface area contributed by atoms with Crippen molar-refractivity contribution >= 4 is 40.6 Å². The van der Waals surface area contributed by atoms with E-state index in [0.717, 1.165) is 75.5 Å². The SMILES string of the molecule is C=Nc1c(/C(=N\COCCCN(CC(C)C)C(C)CC)N2CC3CCC(C2)N3)cc(Cl)c(-c2cccc3ccc(F)c(C45CC4C5)c23)c1F. The van der Waals surface area contributed by atoms with Gasteiger partial charge in [0.25, 0.3) is 0 Å². The average molecular weight is 690 g/mol. The molecule has 2 bridgehead atoms. The summed E-state index contributed by atoms with van der Waals surface area (Å²) >= 11 is 7.07. The molecule has 0 spiro atoms. The Bertz CT molecular complexity index is 1740. The molecule has 49 heavy (non-hydrogen) atoms. The van der Waals surface area contributed by atoms with Gasteiger partial charge in [0.05, 0.1) is 11.6 Å². The number of likely N-dealkylation sites (tertiary alicyclic amines) is 1. The number of benzene rings is 3. The molecule has 4 fully saturated rings. The van der Waals surface area contributed by atoms with Crippen LogP contribution in [0.1, 0.15) is 77.3 Å². The van der Waals surface area contributed by atoms with E-state index in [1.165, 1.54) is 0 Å². The predicted molar refractivity (Wildman–Crippen MR) is 198 cm³/mol. The van der Waals surface area contributed by atoms with E-state index in [-0.39, 0.29) is 34.2 Å². The first-order valence-electron chi connectivity index (χ1n) is 18.2. The van der Waals surface area contributed by atoms with Gasteiger partial charge in [-0.15, -0.1) is 0 Å². The van der Waals surface area contributed by atoms with Gasteiger partial charge in [-0.1, -0.05) is 56.6 Å². The second-order valence-corrected chi connectivity index (χ2v) is 15.7. The van der Waals surface area contributed by atoms with Crippen molar-refractivity contribution in [1.82, 2.24) is 15.1 Å². The molecule has 0 amide bonds. The van der Waals surface area contributed by atoms with Gasteiger partial charge in [-0.2, -0.15) is 0 Å². The Labute approximate surface area is 295 Å². The summed E-state index contributed by atoms with van der Waals surface area (Å²) in [6.45, 7) is 17.1. The normalized spacial score (nSPS) is 25.0. The van der Waals surface area contributed by atoms with E-state index in [9.17, 15) is 0 Å². The van der Waals surface area contributed by atoms with Gasteiger partial charge in [-0.05, 0) is 92.5 Å². The van der Waals surface area contributed by atoms with Gasteiger partial charge in [0, 0.05) is 66.4 Å². The van der Waals surface area contributed by atoms with Gasteiger partial charge in [-0.3, -0.25) is 4.99 Å². The molecule has 0 radical (unpaired) electrons. The van der Waals surface area contributed by atoms with Crippen molar-refractivity contribution in [2.45, 2.75) is 89.8 Å². The highest BCUT2D eigenvalue weighted by Crippen LogP contribution is 2.76. The summed E-state index contributed by atoms with van der Waals surface area (Å²) in [5, 5.41) is 5.54. The number of halogens is 3. The van der Waals surface area contributed by atoms with Crippen LogP contribution >= 0.6 is 11.6 Å². The Morgan fingerprint density at radius 1 is 1.14 bits per heavy atom. The first-order valence-corrected chi connectivity index (χ1v) is 18.6. The molecule has 3 unspecified atom stereocenters. The molecule has 2 heterocycles. The molecule has 3 atom stereocenters. The monoisotopic (exact) mass is 689 g/mol. The molecular weight excluding hydrogens is 640 g/mol. The second-order valence-electron chi connectivity index (χ2n) is 15.3. The molecule has 3 aromatic rings. The van der Waals surface area contributed by atoms with Crippen LogP contribution in [0, 0.1) is 23.5 Å². The fourth-order valence-corrected chi connectivity index (χ4v) is 8.72. The van der Waals surface area contributed by atoms with E-state index in [0.29, 0.717) is 59.1 Å². The third kappa shape index (κ3) is 6.66. The summed E-state index contributed by atoms with van der Waals surface area (Å²) < 4.78 is 38.6. The van der Waals surface area contributed by atoms with Crippen LogP contribution in [-0.4, -0.2) is 80.0 Å². The second kappa shape index (κ2) is 14.0. The molecule has 1 N–H and O–H groups in total. The number of fused-ring (bicyclic) bond motifs is 4. The van der Waals surface area contributed by atoms with Crippen LogP contribution in [0.2, 0.25) is 5.02 Å². The molecule has 2 saturated carbocycles. The van der Waals surface area contributed by atoms with Crippen molar-refractivity contribution in [2.75, 3.05) is 39.5 Å². The van der Waals surface area contributed by atoms with Gasteiger partial charge in [0.1, 0.15) is 24.1 Å². The molecule has 2 aliphatic carbocycles. The van der Waals surface area contributed by atoms with Crippen LogP contribution in [0.5, 0.6) is 0 Å². The Hall–Kier alpha value is -2.91. The summed E-state index contributed by atoms with van der Waals surface area (Å²) in [4.78, 5) is 14.0. The topological polar surface area (TPSA) is 52.5 Å². The standard InChI is InChI=1S/C40H50ClF2N5O/c1-6-25(4)47(20-24(2)3)15-8-16-49-23-45-39(48-21-28-12-13-29(22-48)46-28)31-17-32(41)35(37(43)38(31)44-5)30-10-7-9-26-11-14-33(42)36(34(26)30)40-18-27(40)19-40/h7,9-11,14,17,24-25,27-29,46H,5-6,8,12-13,15-16,18-23H2,1-4H3/b45-39+. The molecule has 7 rings (SSSR count). The number of hydrogen-bond donors (Lipinski definition) is 1. The Morgan fingerprint density at radius 3 is 2.53 bits per heavy atom. The molecule has 4 aliphatic rings. The maximum atomic E-state index is 17.0. The highest BCUT2D eigenvalue weighted by atomic mass is 35.5. The number of amidine groups is 1. The molecule has 6 nitrogen and oxygen atoms in total. The number of piperazine rings is 1. The maximum absolute atomic E-state index is 17.0. The third-order valence-electron chi connectivity index (χ3n) is 11.4. The Balaban J connectivity index is 1.20. The summed E-state index contributed by atoms with van der Waals surface area (Å²) in [6, 6.07) is 12.0. The van der Waals surface area contributed by atoms with Crippen LogP contribution in [0.4, 0.5) is 14.5 Å². The highest BCUT2D eigenvalue weighted by Gasteiger charge is 2.71. The van der Waals surface area contributed by atoms with Crippen molar-refractivity contribution in [3.05, 3.63) is 64.2 Å². The summed E-state index contributed by atoms with van der Waals surface area (Å²) in [5.41, 5.74) is 1.99. The van der Waals surface area contributed by atoms with Crippen molar-refractivity contribution in [1.29, 1.82) is 0 Å². The van der Waals surface area contributed by atoms with E-state index < -0.39 is 5.82 Å². The van der Waals surface area contributed by atoms with E-state index in [1.54, 1.807) is 18.2 Å². The number of ether oxygens (including phenoxy) is 1. The van der Waals surface area contributed by atoms with Crippen molar-refractivity contribution < 1.29 is 13.5 Å². The smallest absolute Gasteiger partial charge is 0.158 e. The zero-order chi connectivity index (χ0) is 34.4. The van der Waals surface area contributed by atoms with Gasteiger partial charge >= 0.3 is 0 Å². The fourth-order valence-electron chi connectivity index (χ4n) is 8.42. The van der Waals surface area contributed by atoms with Crippen LogP contribution in [0.25, 0.3) is 21.9 Å². The lowest BCUT2D eigenvalue weighted by Crippen LogP contribution is -2.53. The van der Waals surface area contributed by atoms with E-state index in [2.05, 4.69) is 54.5 Å². The Morgan fingerprint density at radius 2 is 1.88 bits per heavy atom. The number of nitrogens with zero attached hydrogens (tertiary/aromatic N) is 4. The van der Waals surface area contributed by atoms with Crippen molar-refractivity contribution in [2.24, 2.45) is 21.8 Å². The largest absolute Gasteiger partial charge is 0.359 e. The molecule has 262 valence electrons. The van der Waals surface area contributed by atoms with Crippen molar-refractivity contribution in [3.8, 4) is 11.1 Å². The minimum absolute atomic E-state index is 0.103. The van der Waals surface area contributed by atoms with Crippen LogP contribution in [0.3, 0.4) is 0 Å². The van der Waals surface area contributed by atoms with Crippen LogP contribution in [0.15, 0.2) is 46.4 Å². The molecular formula is C40H50ClF2N5O. The first-order chi connectivity index (χ1) is 23.6. The minimum atomic E-state index is -0.567.